The Morgan fingerprint density at radius 1 is 1.58 bits per heavy atom. The number of amides is 1. The molecule has 6 nitrogen and oxygen atoms in total. The first-order chi connectivity index (χ1) is 9.10. The molecule has 0 saturated heterocycles. The lowest BCUT2D eigenvalue weighted by Crippen LogP contribution is -2.25. The Labute approximate surface area is 122 Å². The summed E-state index contributed by atoms with van der Waals surface area (Å²) in [4.78, 5) is 20.4. The summed E-state index contributed by atoms with van der Waals surface area (Å²) in [6.45, 7) is 2.30. The second-order valence-corrected chi connectivity index (χ2v) is 5.62. The standard InChI is InChI=1S/C11H12BrN5OS/c1-6-5-19-9(16-6)4-15-11(18)8-2-7(12)3-14-10(8)17-13/h2-3,5H,4,13H2,1H3,(H,14,17)(H,15,18). The molecule has 1 amide bonds. The van der Waals surface area contributed by atoms with Crippen LogP contribution in [-0.2, 0) is 6.54 Å². The number of thiazole rings is 1. The maximum Gasteiger partial charge on any atom is 0.255 e. The van der Waals surface area contributed by atoms with Gasteiger partial charge < -0.3 is 10.7 Å². The number of nitrogen functional groups attached to an aromatic ring is 1. The number of aryl methyl sites for hydroxylation is 1. The van der Waals surface area contributed by atoms with Crippen molar-refractivity contribution >= 4 is 39.0 Å². The molecule has 0 aliphatic rings. The Hall–Kier alpha value is -1.51. The predicted molar refractivity (Wildman–Crippen MR) is 77.8 cm³/mol. The molecule has 0 atom stereocenters. The van der Waals surface area contributed by atoms with Crippen LogP contribution in [0.1, 0.15) is 21.1 Å². The number of hydrazine groups is 1. The quantitative estimate of drug-likeness (QED) is 0.582. The molecule has 8 heteroatoms. The van der Waals surface area contributed by atoms with Gasteiger partial charge in [0.05, 0.1) is 12.1 Å². The maximum absolute atomic E-state index is 12.1. The topological polar surface area (TPSA) is 92.9 Å². The Kier molecular flexibility index (Phi) is 4.46. The van der Waals surface area contributed by atoms with Crippen molar-refractivity contribution < 1.29 is 4.79 Å². The molecule has 0 saturated carbocycles. The van der Waals surface area contributed by atoms with E-state index < -0.39 is 0 Å². The lowest BCUT2D eigenvalue weighted by atomic mass is 10.2. The largest absolute Gasteiger partial charge is 0.345 e. The minimum Gasteiger partial charge on any atom is -0.345 e. The molecular formula is C11H12BrN5OS. The molecule has 2 aromatic rings. The van der Waals surface area contributed by atoms with Crippen molar-refractivity contribution in [1.82, 2.24) is 15.3 Å². The van der Waals surface area contributed by atoms with Gasteiger partial charge >= 0.3 is 0 Å². The second kappa shape index (κ2) is 6.09. The van der Waals surface area contributed by atoms with Gasteiger partial charge in [0.15, 0.2) is 5.82 Å². The number of carbonyl (C=O) groups excluding carboxylic acids is 1. The van der Waals surface area contributed by atoms with E-state index in [1.807, 2.05) is 12.3 Å². The van der Waals surface area contributed by atoms with Crippen LogP contribution in [-0.4, -0.2) is 15.9 Å². The summed E-state index contributed by atoms with van der Waals surface area (Å²) in [6.07, 6.45) is 1.57. The van der Waals surface area contributed by atoms with E-state index in [0.717, 1.165) is 10.7 Å². The monoisotopic (exact) mass is 341 g/mol. The van der Waals surface area contributed by atoms with E-state index in [-0.39, 0.29) is 5.91 Å². The SMILES string of the molecule is Cc1csc(CNC(=O)c2cc(Br)cnc2NN)n1. The molecule has 2 heterocycles. The Morgan fingerprint density at radius 3 is 3.00 bits per heavy atom. The summed E-state index contributed by atoms with van der Waals surface area (Å²) in [7, 11) is 0. The number of pyridine rings is 1. The van der Waals surface area contributed by atoms with Gasteiger partial charge in [-0.2, -0.15) is 0 Å². The number of nitrogens with one attached hydrogen (secondary N) is 2. The molecule has 0 bridgehead atoms. The fraction of sp³-hybridized carbons (Fsp3) is 0.182. The van der Waals surface area contributed by atoms with Gasteiger partial charge in [-0.05, 0) is 28.9 Å². The summed E-state index contributed by atoms with van der Waals surface area (Å²) < 4.78 is 0.710. The highest BCUT2D eigenvalue weighted by atomic mass is 79.9. The number of nitrogens with zero attached hydrogens (tertiary/aromatic N) is 2. The van der Waals surface area contributed by atoms with E-state index in [0.29, 0.717) is 22.4 Å². The van der Waals surface area contributed by atoms with E-state index in [1.54, 1.807) is 12.3 Å². The van der Waals surface area contributed by atoms with E-state index in [9.17, 15) is 4.79 Å². The number of carbonyl (C=O) groups is 1. The molecule has 2 rings (SSSR count). The first-order valence-electron chi connectivity index (χ1n) is 5.41. The highest BCUT2D eigenvalue weighted by molar-refractivity contribution is 9.10. The van der Waals surface area contributed by atoms with Crippen molar-refractivity contribution in [1.29, 1.82) is 0 Å². The number of anilines is 1. The van der Waals surface area contributed by atoms with Crippen LogP contribution >= 0.6 is 27.3 Å². The van der Waals surface area contributed by atoms with E-state index in [1.165, 1.54) is 11.3 Å². The van der Waals surface area contributed by atoms with E-state index >= 15 is 0 Å². The zero-order valence-electron chi connectivity index (χ0n) is 10.1. The third kappa shape index (κ3) is 3.49. The average Bonchev–Trinajstić information content (AvgIpc) is 2.81. The lowest BCUT2D eigenvalue weighted by molar-refractivity contribution is 0.0951. The van der Waals surface area contributed by atoms with Crippen molar-refractivity contribution in [2.45, 2.75) is 13.5 Å². The van der Waals surface area contributed by atoms with Gasteiger partial charge in [0, 0.05) is 21.7 Å². The van der Waals surface area contributed by atoms with Crippen LogP contribution in [0.2, 0.25) is 0 Å². The van der Waals surface area contributed by atoms with E-state index in [4.69, 9.17) is 5.84 Å². The minimum atomic E-state index is -0.255. The highest BCUT2D eigenvalue weighted by Crippen LogP contribution is 2.17. The lowest BCUT2D eigenvalue weighted by Gasteiger charge is -2.08. The summed E-state index contributed by atoms with van der Waals surface area (Å²) in [5, 5.41) is 5.58. The number of rotatable bonds is 4. The maximum atomic E-state index is 12.1. The van der Waals surface area contributed by atoms with Crippen LogP contribution in [0.25, 0.3) is 0 Å². The first kappa shape index (κ1) is 13.9. The van der Waals surface area contributed by atoms with Gasteiger partial charge in [-0.15, -0.1) is 11.3 Å². The molecule has 0 aliphatic heterocycles. The Balaban J connectivity index is 2.09. The molecule has 0 aromatic carbocycles. The molecule has 19 heavy (non-hydrogen) atoms. The number of aromatic nitrogens is 2. The van der Waals surface area contributed by atoms with Crippen LogP contribution in [0.5, 0.6) is 0 Å². The molecule has 0 radical (unpaired) electrons. The van der Waals surface area contributed by atoms with Crippen LogP contribution in [0.3, 0.4) is 0 Å². The smallest absolute Gasteiger partial charge is 0.255 e. The second-order valence-electron chi connectivity index (χ2n) is 3.76. The van der Waals surface area contributed by atoms with Gasteiger partial charge in [0.1, 0.15) is 5.01 Å². The number of hydrogen-bond donors (Lipinski definition) is 3. The summed E-state index contributed by atoms with van der Waals surface area (Å²) in [5.74, 6) is 5.41. The fourth-order valence-electron chi connectivity index (χ4n) is 1.46. The van der Waals surface area contributed by atoms with Crippen molar-refractivity contribution in [3.63, 3.8) is 0 Å². The minimum absolute atomic E-state index is 0.255. The first-order valence-corrected chi connectivity index (χ1v) is 7.09. The van der Waals surface area contributed by atoms with Crippen LogP contribution < -0.4 is 16.6 Å². The zero-order valence-corrected chi connectivity index (χ0v) is 12.5. The number of halogens is 1. The van der Waals surface area contributed by atoms with Crippen molar-refractivity contribution in [3.8, 4) is 0 Å². The fourth-order valence-corrected chi connectivity index (χ4v) is 2.51. The van der Waals surface area contributed by atoms with Crippen molar-refractivity contribution in [2.24, 2.45) is 5.84 Å². The van der Waals surface area contributed by atoms with Crippen LogP contribution in [0.15, 0.2) is 22.1 Å². The molecule has 0 spiro atoms. The van der Waals surface area contributed by atoms with Crippen molar-refractivity contribution in [2.75, 3.05) is 5.43 Å². The molecule has 2 aromatic heterocycles. The molecule has 4 N–H and O–H groups in total. The van der Waals surface area contributed by atoms with Gasteiger partial charge in [-0.3, -0.25) is 4.79 Å². The number of hydrogen-bond acceptors (Lipinski definition) is 6. The van der Waals surface area contributed by atoms with Gasteiger partial charge in [-0.25, -0.2) is 15.8 Å². The van der Waals surface area contributed by atoms with Crippen LogP contribution in [0.4, 0.5) is 5.82 Å². The van der Waals surface area contributed by atoms with Gasteiger partial charge in [0.2, 0.25) is 0 Å². The normalized spacial score (nSPS) is 10.3. The Morgan fingerprint density at radius 2 is 2.37 bits per heavy atom. The highest BCUT2D eigenvalue weighted by Gasteiger charge is 2.13. The third-order valence-corrected chi connectivity index (χ3v) is 3.70. The van der Waals surface area contributed by atoms with Gasteiger partial charge in [-0.1, -0.05) is 0 Å². The molecule has 0 unspecified atom stereocenters. The zero-order chi connectivity index (χ0) is 13.8. The number of nitrogens with two attached hydrogens (primary N) is 1. The molecule has 100 valence electrons. The average molecular weight is 342 g/mol. The predicted octanol–water partition coefficient (Wildman–Crippen LogP) is 1.82. The van der Waals surface area contributed by atoms with Gasteiger partial charge in [0.25, 0.3) is 5.91 Å². The van der Waals surface area contributed by atoms with Crippen LogP contribution in [0, 0.1) is 6.92 Å². The summed E-state index contributed by atoms with van der Waals surface area (Å²) in [6, 6.07) is 1.66. The molecular weight excluding hydrogens is 330 g/mol. The summed E-state index contributed by atoms with van der Waals surface area (Å²) in [5.41, 5.74) is 3.73. The summed E-state index contributed by atoms with van der Waals surface area (Å²) >= 11 is 4.78. The molecule has 0 fully saturated rings. The Bertz CT molecular complexity index is 601. The molecule has 0 aliphatic carbocycles. The van der Waals surface area contributed by atoms with E-state index in [2.05, 4.69) is 36.6 Å². The van der Waals surface area contributed by atoms with Crippen molar-refractivity contribution in [3.05, 3.63) is 38.4 Å². The third-order valence-electron chi connectivity index (χ3n) is 2.30.